The lowest BCUT2D eigenvalue weighted by Crippen LogP contribution is -2.13. The molecule has 0 atom stereocenters. The van der Waals surface area contributed by atoms with Crippen LogP contribution in [0.3, 0.4) is 0 Å². The second-order valence-corrected chi connectivity index (χ2v) is 4.42. The van der Waals surface area contributed by atoms with E-state index in [2.05, 4.69) is 22.3 Å². The number of hydrogen-bond donors (Lipinski definition) is 2. The number of carbonyl (C=O) groups excluding carboxylic acids is 2. The zero-order valence-corrected chi connectivity index (χ0v) is 11.4. The van der Waals surface area contributed by atoms with Crippen LogP contribution in [0.25, 0.3) is 0 Å². The molecule has 1 aromatic carbocycles. The van der Waals surface area contributed by atoms with E-state index in [9.17, 15) is 14.0 Å². The van der Waals surface area contributed by atoms with Crippen molar-refractivity contribution in [2.24, 2.45) is 4.99 Å². The molecule has 2 N–H and O–H groups in total. The first-order valence-corrected chi connectivity index (χ1v) is 6.28. The van der Waals surface area contributed by atoms with Gasteiger partial charge in [-0.1, -0.05) is 6.08 Å². The Bertz CT molecular complexity index is 677. The number of hydrogen-bond acceptors (Lipinski definition) is 3. The van der Waals surface area contributed by atoms with Crippen LogP contribution >= 0.6 is 0 Å². The molecule has 2 amide bonds. The van der Waals surface area contributed by atoms with Crippen LogP contribution in [-0.2, 0) is 16.0 Å². The zero-order chi connectivity index (χ0) is 15.4. The van der Waals surface area contributed by atoms with Crippen molar-refractivity contribution in [2.75, 3.05) is 10.6 Å². The lowest BCUT2D eigenvalue weighted by Gasteiger charge is -2.07. The van der Waals surface area contributed by atoms with E-state index in [4.69, 9.17) is 0 Å². The molecular formula is C15H14FN3O2. The molecule has 21 heavy (non-hydrogen) atoms. The first kappa shape index (κ1) is 14.6. The van der Waals surface area contributed by atoms with E-state index in [-0.39, 0.29) is 17.9 Å². The van der Waals surface area contributed by atoms with Crippen molar-refractivity contribution in [3.8, 4) is 0 Å². The zero-order valence-electron chi connectivity index (χ0n) is 11.4. The van der Waals surface area contributed by atoms with Crippen LogP contribution in [0.2, 0.25) is 0 Å². The third-order valence-electron chi connectivity index (χ3n) is 2.99. The number of rotatable bonds is 4. The van der Waals surface area contributed by atoms with Gasteiger partial charge in [0.15, 0.2) is 0 Å². The number of aliphatic imine (C=N–C) groups is 1. The summed E-state index contributed by atoms with van der Waals surface area (Å²) in [6.45, 7) is 4.66. The van der Waals surface area contributed by atoms with Crippen LogP contribution in [0.15, 0.2) is 46.9 Å². The normalized spacial score (nSPS) is 14.5. The SMILES string of the molecule is C=N/C(F)=C\C(=C/C)C(=O)Nc1ccc2c(c1)CC(=O)N2. The van der Waals surface area contributed by atoms with Crippen LogP contribution in [0.5, 0.6) is 0 Å². The topological polar surface area (TPSA) is 70.6 Å². The van der Waals surface area contributed by atoms with Crippen LogP contribution in [0.4, 0.5) is 15.8 Å². The smallest absolute Gasteiger partial charge is 0.255 e. The summed E-state index contributed by atoms with van der Waals surface area (Å²) < 4.78 is 13.1. The number of allylic oxidation sites excluding steroid dienone is 1. The van der Waals surface area contributed by atoms with Gasteiger partial charge in [0.1, 0.15) is 0 Å². The minimum Gasteiger partial charge on any atom is -0.326 e. The summed E-state index contributed by atoms with van der Waals surface area (Å²) in [5.74, 6) is -1.37. The molecule has 1 aliphatic heterocycles. The molecule has 1 aliphatic rings. The molecule has 2 rings (SSSR count). The first-order valence-electron chi connectivity index (χ1n) is 6.28. The average Bonchev–Trinajstić information content (AvgIpc) is 2.83. The molecule has 0 unspecified atom stereocenters. The molecule has 0 radical (unpaired) electrons. The minimum absolute atomic E-state index is 0.0790. The number of carbonyl (C=O) groups is 2. The van der Waals surface area contributed by atoms with Crippen LogP contribution in [-0.4, -0.2) is 18.5 Å². The fourth-order valence-electron chi connectivity index (χ4n) is 1.96. The van der Waals surface area contributed by atoms with Crippen LogP contribution in [0, 0.1) is 0 Å². The molecule has 1 heterocycles. The van der Waals surface area contributed by atoms with Gasteiger partial charge in [0.05, 0.1) is 6.42 Å². The molecule has 0 saturated heterocycles. The van der Waals surface area contributed by atoms with Crippen molar-refractivity contribution in [3.63, 3.8) is 0 Å². The van der Waals surface area contributed by atoms with Crippen LogP contribution in [0.1, 0.15) is 12.5 Å². The maximum absolute atomic E-state index is 13.1. The number of anilines is 2. The summed E-state index contributed by atoms with van der Waals surface area (Å²) in [5, 5.41) is 5.35. The van der Waals surface area contributed by atoms with Gasteiger partial charge < -0.3 is 10.6 Å². The Hall–Kier alpha value is -2.76. The molecule has 0 bridgehead atoms. The van der Waals surface area contributed by atoms with Gasteiger partial charge in [-0.05, 0) is 37.4 Å². The Balaban J connectivity index is 2.15. The number of nitrogens with one attached hydrogen (secondary N) is 2. The molecule has 1 aromatic rings. The highest BCUT2D eigenvalue weighted by Crippen LogP contribution is 2.26. The molecule has 0 aliphatic carbocycles. The summed E-state index contributed by atoms with van der Waals surface area (Å²) in [5.41, 5.74) is 2.23. The van der Waals surface area contributed by atoms with E-state index in [1.54, 1.807) is 25.1 Å². The number of nitrogens with zero attached hydrogens (tertiary/aromatic N) is 1. The number of fused-ring (bicyclic) bond motifs is 1. The van der Waals surface area contributed by atoms with E-state index < -0.39 is 11.9 Å². The standard InChI is InChI=1S/C15H14FN3O2/c1-3-9(7-13(16)17-2)15(21)18-11-4-5-12-10(6-11)8-14(20)19-12/h3-7H,2,8H2,1H3,(H,18,21)(H,19,20)/b9-3+,13-7-. The third-order valence-corrected chi connectivity index (χ3v) is 2.99. The molecule has 0 fully saturated rings. The van der Waals surface area contributed by atoms with Gasteiger partial charge in [-0.3, -0.25) is 9.59 Å². The van der Waals surface area contributed by atoms with E-state index in [1.165, 1.54) is 6.08 Å². The Morgan fingerprint density at radius 2 is 2.29 bits per heavy atom. The summed E-state index contributed by atoms with van der Waals surface area (Å²) >= 11 is 0. The van der Waals surface area contributed by atoms with E-state index in [1.807, 2.05) is 0 Å². The average molecular weight is 287 g/mol. The maximum atomic E-state index is 13.1. The Labute approximate surface area is 121 Å². The highest BCUT2D eigenvalue weighted by atomic mass is 19.1. The Kier molecular flexibility index (Phi) is 4.27. The molecular weight excluding hydrogens is 273 g/mol. The second-order valence-electron chi connectivity index (χ2n) is 4.42. The van der Waals surface area contributed by atoms with E-state index >= 15 is 0 Å². The number of benzene rings is 1. The molecule has 0 aromatic heterocycles. The predicted octanol–water partition coefficient (Wildman–Crippen LogP) is 2.58. The number of amides is 2. The van der Waals surface area contributed by atoms with E-state index in [0.29, 0.717) is 5.69 Å². The number of halogens is 1. The third kappa shape index (κ3) is 3.42. The van der Waals surface area contributed by atoms with Gasteiger partial charge in [-0.15, -0.1) is 0 Å². The van der Waals surface area contributed by atoms with Crippen LogP contribution < -0.4 is 10.6 Å². The molecule has 5 nitrogen and oxygen atoms in total. The Morgan fingerprint density at radius 3 is 2.95 bits per heavy atom. The summed E-state index contributed by atoms with van der Waals surface area (Å²) in [6, 6.07) is 5.10. The van der Waals surface area contributed by atoms with Gasteiger partial charge in [-0.2, -0.15) is 4.39 Å². The fraction of sp³-hybridized carbons (Fsp3) is 0.133. The summed E-state index contributed by atoms with van der Waals surface area (Å²) in [6.07, 6.45) is 2.75. The van der Waals surface area contributed by atoms with Crippen molar-refractivity contribution in [1.29, 1.82) is 0 Å². The lowest BCUT2D eigenvalue weighted by atomic mass is 10.1. The van der Waals surface area contributed by atoms with Crippen molar-refractivity contribution in [2.45, 2.75) is 13.3 Å². The van der Waals surface area contributed by atoms with Gasteiger partial charge in [0.25, 0.3) is 5.91 Å². The highest BCUT2D eigenvalue weighted by molar-refractivity contribution is 6.06. The highest BCUT2D eigenvalue weighted by Gasteiger charge is 2.18. The molecule has 108 valence electrons. The van der Waals surface area contributed by atoms with Gasteiger partial charge >= 0.3 is 0 Å². The van der Waals surface area contributed by atoms with Crippen molar-refractivity contribution >= 4 is 29.9 Å². The first-order chi connectivity index (χ1) is 10.0. The van der Waals surface area contributed by atoms with Crippen molar-refractivity contribution in [1.82, 2.24) is 0 Å². The largest absolute Gasteiger partial charge is 0.326 e. The molecule has 6 heteroatoms. The van der Waals surface area contributed by atoms with Gasteiger partial charge in [-0.25, -0.2) is 4.99 Å². The fourth-order valence-corrected chi connectivity index (χ4v) is 1.96. The van der Waals surface area contributed by atoms with Gasteiger partial charge in [0.2, 0.25) is 11.9 Å². The lowest BCUT2D eigenvalue weighted by molar-refractivity contribution is -0.115. The predicted molar refractivity (Wildman–Crippen MR) is 79.9 cm³/mol. The Morgan fingerprint density at radius 1 is 1.52 bits per heavy atom. The summed E-state index contributed by atoms with van der Waals surface area (Å²) in [7, 11) is 0. The maximum Gasteiger partial charge on any atom is 0.255 e. The van der Waals surface area contributed by atoms with E-state index in [0.717, 1.165) is 17.3 Å². The van der Waals surface area contributed by atoms with Crippen molar-refractivity contribution < 1.29 is 14.0 Å². The summed E-state index contributed by atoms with van der Waals surface area (Å²) in [4.78, 5) is 26.4. The monoisotopic (exact) mass is 287 g/mol. The minimum atomic E-state index is -0.831. The quantitative estimate of drug-likeness (QED) is 0.387. The molecule has 0 saturated carbocycles. The second kappa shape index (κ2) is 6.13. The van der Waals surface area contributed by atoms with Crippen molar-refractivity contribution in [3.05, 3.63) is 47.4 Å². The molecule has 0 spiro atoms. The van der Waals surface area contributed by atoms with Gasteiger partial charge in [0, 0.05) is 23.0 Å².